The highest BCUT2D eigenvalue weighted by molar-refractivity contribution is 6.31. The van der Waals surface area contributed by atoms with E-state index in [1.54, 1.807) is 24.3 Å². The number of aliphatic hydroxyl groups is 1. The number of benzene rings is 2. The van der Waals surface area contributed by atoms with Crippen molar-refractivity contribution in [3.8, 4) is 0 Å². The minimum Gasteiger partial charge on any atom is -0.384 e. The molecule has 1 atom stereocenters. The molecule has 1 nitrogen and oxygen atoms in total. The van der Waals surface area contributed by atoms with Crippen LogP contribution in [0.15, 0.2) is 36.4 Å². The number of halogens is 2. The molecule has 2 aromatic rings. The summed E-state index contributed by atoms with van der Waals surface area (Å²) in [5.74, 6) is 0. The average molecular weight is 281 g/mol. The number of aliphatic hydroxyl groups excluding tert-OH is 1. The van der Waals surface area contributed by atoms with E-state index in [1.807, 2.05) is 26.0 Å². The van der Waals surface area contributed by atoms with Crippen LogP contribution in [0.3, 0.4) is 0 Å². The number of hydrogen-bond donors (Lipinski definition) is 1. The van der Waals surface area contributed by atoms with Crippen LogP contribution in [0.4, 0.5) is 0 Å². The van der Waals surface area contributed by atoms with Crippen LogP contribution in [0, 0.1) is 13.8 Å². The van der Waals surface area contributed by atoms with Gasteiger partial charge in [-0.15, -0.1) is 0 Å². The zero-order valence-corrected chi connectivity index (χ0v) is 11.8. The van der Waals surface area contributed by atoms with Crippen LogP contribution < -0.4 is 0 Å². The van der Waals surface area contributed by atoms with Gasteiger partial charge in [0.15, 0.2) is 0 Å². The molecule has 0 aliphatic heterocycles. The lowest BCUT2D eigenvalue weighted by molar-refractivity contribution is 0.220. The summed E-state index contributed by atoms with van der Waals surface area (Å²) in [6, 6.07) is 10.9. The van der Waals surface area contributed by atoms with Crippen molar-refractivity contribution < 1.29 is 5.11 Å². The molecule has 0 saturated heterocycles. The highest BCUT2D eigenvalue weighted by atomic mass is 35.5. The third kappa shape index (κ3) is 2.69. The Morgan fingerprint density at radius 1 is 0.944 bits per heavy atom. The Labute approximate surface area is 117 Å². The van der Waals surface area contributed by atoms with E-state index in [0.29, 0.717) is 10.0 Å². The molecule has 0 spiro atoms. The Morgan fingerprint density at radius 3 is 2.11 bits per heavy atom. The summed E-state index contributed by atoms with van der Waals surface area (Å²) in [6.07, 6.45) is -0.728. The van der Waals surface area contributed by atoms with Gasteiger partial charge < -0.3 is 5.11 Å². The molecular weight excluding hydrogens is 267 g/mol. The van der Waals surface area contributed by atoms with Gasteiger partial charge in [0.1, 0.15) is 6.10 Å². The summed E-state index contributed by atoms with van der Waals surface area (Å²) in [7, 11) is 0. The van der Waals surface area contributed by atoms with Gasteiger partial charge in [-0.1, -0.05) is 41.4 Å². The zero-order valence-electron chi connectivity index (χ0n) is 10.2. The fourth-order valence-electron chi connectivity index (χ4n) is 1.84. The molecule has 0 radical (unpaired) electrons. The lowest BCUT2D eigenvalue weighted by atomic mass is 9.98. The Kier molecular flexibility index (Phi) is 3.96. The van der Waals surface area contributed by atoms with Crippen molar-refractivity contribution in [2.45, 2.75) is 20.0 Å². The van der Waals surface area contributed by atoms with Crippen molar-refractivity contribution in [1.29, 1.82) is 0 Å². The van der Waals surface area contributed by atoms with Crippen LogP contribution in [0.5, 0.6) is 0 Å². The van der Waals surface area contributed by atoms with Gasteiger partial charge in [-0.3, -0.25) is 0 Å². The van der Waals surface area contributed by atoms with Gasteiger partial charge in [-0.2, -0.15) is 0 Å². The molecule has 0 aromatic heterocycles. The molecule has 0 aliphatic rings. The second-order valence-corrected chi connectivity index (χ2v) is 5.26. The van der Waals surface area contributed by atoms with E-state index in [0.717, 1.165) is 22.3 Å². The van der Waals surface area contributed by atoms with Gasteiger partial charge in [-0.25, -0.2) is 0 Å². The predicted octanol–water partition coefficient (Wildman–Crippen LogP) is 4.69. The molecule has 2 rings (SSSR count). The first-order valence-corrected chi connectivity index (χ1v) is 6.45. The topological polar surface area (TPSA) is 20.2 Å². The van der Waals surface area contributed by atoms with Gasteiger partial charge in [0.25, 0.3) is 0 Å². The summed E-state index contributed by atoms with van der Waals surface area (Å²) < 4.78 is 0. The minimum absolute atomic E-state index is 0.584. The van der Waals surface area contributed by atoms with Gasteiger partial charge in [-0.05, 0) is 48.7 Å². The minimum atomic E-state index is -0.728. The quantitative estimate of drug-likeness (QED) is 0.846. The molecular formula is C15H14Cl2O. The van der Waals surface area contributed by atoms with Crippen molar-refractivity contribution in [1.82, 2.24) is 0 Å². The van der Waals surface area contributed by atoms with E-state index < -0.39 is 6.10 Å². The van der Waals surface area contributed by atoms with E-state index in [9.17, 15) is 5.11 Å². The van der Waals surface area contributed by atoms with E-state index in [4.69, 9.17) is 23.2 Å². The molecule has 1 unspecified atom stereocenters. The van der Waals surface area contributed by atoms with Crippen LogP contribution in [-0.4, -0.2) is 5.11 Å². The van der Waals surface area contributed by atoms with Gasteiger partial charge in [0, 0.05) is 15.6 Å². The molecule has 3 heteroatoms. The van der Waals surface area contributed by atoms with Crippen molar-refractivity contribution in [2.24, 2.45) is 0 Å². The summed E-state index contributed by atoms with van der Waals surface area (Å²) in [6.45, 7) is 4.00. The zero-order chi connectivity index (χ0) is 13.3. The van der Waals surface area contributed by atoms with Crippen molar-refractivity contribution >= 4 is 23.2 Å². The normalized spacial score (nSPS) is 12.5. The molecule has 0 bridgehead atoms. The van der Waals surface area contributed by atoms with Gasteiger partial charge in [0.2, 0.25) is 0 Å². The first-order chi connectivity index (χ1) is 8.49. The molecule has 2 aromatic carbocycles. The highest BCUT2D eigenvalue weighted by Crippen LogP contribution is 2.31. The Balaban J connectivity index is 2.42. The van der Waals surface area contributed by atoms with Crippen LogP contribution in [0.2, 0.25) is 10.0 Å². The average Bonchev–Trinajstić information content (AvgIpc) is 2.34. The van der Waals surface area contributed by atoms with Gasteiger partial charge >= 0.3 is 0 Å². The van der Waals surface area contributed by atoms with Gasteiger partial charge in [0.05, 0.1) is 0 Å². The molecule has 0 saturated carbocycles. The SMILES string of the molecule is Cc1cc(Cl)c(C(O)c2ccc(Cl)cc2)cc1C. The van der Waals surface area contributed by atoms with E-state index in [-0.39, 0.29) is 0 Å². The predicted molar refractivity (Wildman–Crippen MR) is 76.4 cm³/mol. The molecule has 1 N–H and O–H groups in total. The number of hydrogen-bond acceptors (Lipinski definition) is 1. The molecule has 0 fully saturated rings. The first-order valence-electron chi connectivity index (χ1n) is 5.69. The fourth-order valence-corrected chi connectivity index (χ4v) is 2.29. The standard InChI is InChI=1S/C15H14Cl2O/c1-9-7-13(14(17)8-10(9)2)15(18)11-3-5-12(16)6-4-11/h3-8,15,18H,1-2H3. The Morgan fingerprint density at radius 2 is 1.50 bits per heavy atom. The monoisotopic (exact) mass is 280 g/mol. The van der Waals surface area contributed by atoms with E-state index >= 15 is 0 Å². The molecule has 0 amide bonds. The van der Waals surface area contributed by atoms with Crippen molar-refractivity contribution in [3.05, 3.63) is 68.7 Å². The molecule has 94 valence electrons. The van der Waals surface area contributed by atoms with Crippen LogP contribution in [0.1, 0.15) is 28.4 Å². The summed E-state index contributed by atoms with van der Waals surface area (Å²) in [4.78, 5) is 0. The summed E-state index contributed by atoms with van der Waals surface area (Å²) >= 11 is 12.0. The van der Waals surface area contributed by atoms with Crippen molar-refractivity contribution in [3.63, 3.8) is 0 Å². The Hall–Kier alpha value is -1.02. The van der Waals surface area contributed by atoms with Crippen LogP contribution in [-0.2, 0) is 0 Å². The lowest BCUT2D eigenvalue weighted by Gasteiger charge is -2.15. The third-order valence-corrected chi connectivity index (χ3v) is 3.67. The van der Waals surface area contributed by atoms with E-state index in [1.165, 1.54) is 0 Å². The Bertz CT molecular complexity index is 561. The molecule has 18 heavy (non-hydrogen) atoms. The summed E-state index contributed by atoms with van der Waals surface area (Å²) in [5.41, 5.74) is 3.74. The molecule has 0 aliphatic carbocycles. The second kappa shape index (κ2) is 5.31. The second-order valence-electron chi connectivity index (χ2n) is 4.41. The number of aryl methyl sites for hydroxylation is 2. The highest BCUT2D eigenvalue weighted by Gasteiger charge is 2.15. The summed E-state index contributed by atoms with van der Waals surface area (Å²) in [5, 5.41) is 11.6. The molecule has 0 heterocycles. The fraction of sp³-hybridized carbons (Fsp3) is 0.200. The maximum absolute atomic E-state index is 10.4. The third-order valence-electron chi connectivity index (χ3n) is 3.09. The first kappa shape index (κ1) is 13.4. The number of rotatable bonds is 2. The van der Waals surface area contributed by atoms with E-state index in [2.05, 4.69) is 0 Å². The maximum Gasteiger partial charge on any atom is 0.105 e. The van der Waals surface area contributed by atoms with Crippen LogP contribution in [0.25, 0.3) is 0 Å². The van der Waals surface area contributed by atoms with Crippen molar-refractivity contribution in [2.75, 3.05) is 0 Å². The van der Waals surface area contributed by atoms with Crippen LogP contribution >= 0.6 is 23.2 Å². The maximum atomic E-state index is 10.4. The lowest BCUT2D eigenvalue weighted by Crippen LogP contribution is -2.01. The largest absolute Gasteiger partial charge is 0.384 e. The smallest absolute Gasteiger partial charge is 0.105 e.